The van der Waals surface area contributed by atoms with Crippen LogP contribution in [0.3, 0.4) is 0 Å². The van der Waals surface area contributed by atoms with Gasteiger partial charge < -0.3 is 20.5 Å². The summed E-state index contributed by atoms with van der Waals surface area (Å²) in [6, 6.07) is 19.7. The minimum absolute atomic E-state index is 0.0943. The Morgan fingerprint density at radius 1 is 0.930 bits per heavy atom. The molecular formula is C32H28ClN9O. The molecule has 0 bridgehead atoms. The second-order valence-electron chi connectivity index (χ2n) is 10.5. The molecule has 1 fully saturated rings. The molecular weight excluding hydrogens is 562 g/mol. The highest BCUT2D eigenvalue weighted by Gasteiger charge is 2.23. The van der Waals surface area contributed by atoms with Crippen molar-refractivity contribution in [1.29, 1.82) is 0 Å². The quantitative estimate of drug-likeness (QED) is 0.174. The van der Waals surface area contributed by atoms with Crippen molar-refractivity contribution in [3.05, 3.63) is 102 Å². The summed E-state index contributed by atoms with van der Waals surface area (Å²) in [4.78, 5) is 31.9. The van der Waals surface area contributed by atoms with Gasteiger partial charge in [-0.25, -0.2) is 9.97 Å². The lowest BCUT2D eigenvalue weighted by Crippen LogP contribution is -2.44. The number of rotatable bonds is 7. The molecule has 11 heteroatoms. The Morgan fingerprint density at radius 2 is 1.77 bits per heavy atom. The van der Waals surface area contributed by atoms with Crippen molar-refractivity contribution in [1.82, 2.24) is 35.5 Å². The lowest BCUT2D eigenvalue weighted by atomic mass is 10.0. The molecule has 0 saturated carbocycles. The van der Waals surface area contributed by atoms with E-state index >= 15 is 0 Å². The number of carbonyl (C=O) groups is 1. The highest BCUT2D eigenvalue weighted by atomic mass is 35.5. The summed E-state index contributed by atoms with van der Waals surface area (Å²) < 4.78 is 0. The number of anilines is 3. The first-order valence-corrected chi connectivity index (χ1v) is 14.4. The lowest BCUT2D eigenvalue weighted by molar-refractivity contribution is 0.0927. The van der Waals surface area contributed by atoms with Crippen molar-refractivity contribution in [3.63, 3.8) is 0 Å². The number of aromatic nitrogens is 6. The molecule has 5 heterocycles. The van der Waals surface area contributed by atoms with Gasteiger partial charge in [-0.05, 0) is 54.8 Å². The van der Waals surface area contributed by atoms with Crippen LogP contribution in [0, 0.1) is 0 Å². The van der Waals surface area contributed by atoms with Crippen LogP contribution in [-0.4, -0.2) is 55.2 Å². The third-order valence-corrected chi connectivity index (χ3v) is 7.98. The Bertz CT molecular complexity index is 1880. The molecule has 1 aliphatic rings. The number of benzene rings is 2. The molecule has 0 unspecified atom stereocenters. The SMILES string of the molecule is O=C(NC1CCN(c2ccncc2Cl)CC1)c1cc2ccc(-c3nccc(Nc4ccc(-c5cn[nH]c5)cc4)n3)cc2[nH]1. The van der Waals surface area contributed by atoms with E-state index in [2.05, 4.69) is 40.7 Å². The molecule has 1 amide bonds. The Hall–Kier alpha value is -5.22. The molecule has 43 heavy (non-hydrogen) atoms. The number of fused-ring (bicyclic) bond motifs is 1. The number of carbonyl (C=O) groups excluding carboxylic acids is 1. The Labute approximate surface area is 252 Å². The van der Waals surface area contributed by atoms with Crippen molar-refractivity contribution < 1.29 is 4.79 Å². The average molecular weight is 590 g/mol. The van der Waals surface area contributed by atoms with Crippen molar-refractivity contribution in [2.24, 2.45) is 0 Å². The minimum atomic E-state index is -0.112. The van der Waals surface area contributed by atoms with Gasteiger partial charge in [-0.2, -0.15) is 5.10 Å². The van der Waals surface area contributed by atoms with Crippen LogP contribution >= 0.6 is 11.6 Å². The monoisotopic (exact) mass is 589 g/mol. The maximum absolute atomic E-state index is 13.1. The van der Waals surface area contributed by atoms with Crippen molar-refractivity contribution in [2.45, 2.75) is 18.9 Å². The van der Waals surface area contributed by atoms with Gasteiger partial charge >= 0.3 is 0 Å². The lowest BCUT2D eigenvalue weighted by Gasteiger charge is -2.34. The van der Waals surface area contributed by atoms with Crippen LogP contribution in [0.1, 0.15) is 23.3 Å². The number of H-pyrrole nitrogens is 2. The predicted molar refractivity (Wildman–Crippen MR) is 169 cm³/mol. The largest absolute Gasteiger partial charge is 0.370 e. The van der Waals surface area contributed by atoms with Gasteiger partial charge in [-0.3, -0.25) is 14.9 Å². The smallest absolute Gasteiger partial charge is 0.267 e. The molecule has 7 rings (SSSR count). The number of hydrogen-bond donors (Lipinski definition) is 4. The molecule has 1 saturated heterocycles. The Balaban J connectivity index is 1.01. The second-order valence-corrected chi connectivity index (χ2v) is 10.9. The Kier molecular flexibility index (Phi) is 7.18. The molecule has 0 atom stereocenters. The molecule has 4 N–H and O–H groups in total. The normalized spacial score (nSPS) is 13.7. The summed E-state index contributed by atoms with van der Waals surface area (Å²) in [5.74, 6) is 1.16. The van der Waals surface area contributed by atoms with Crippen LogP contribution in [0.15, 0.2) is 91.6 Å². The zero-order chi connectivity index (χ0) is 29.2. The fourth-order valence-electron chi connectivity index (χ4n) is 5.41. The van der Waals surface area contributed by atoms with Gasteiger partial charge in [0.2, 0.25) is 0 Å². The van der Waals surface area contributed by atoms with E-state index in [4.69, 9.17) is 16.6 Å². The summed E-state index contributed by atoms with van der Waals surface area (Å²) in [5.41, 5.74) is 6.24. The zero-order valence-corrected chi connectivity index (χ0v) is 23.8. The first-order valence-electron chi connectivity index (χ1n) is 14.1. The topological polar surface area (TPSA) is 128 Å². The fourth-order valence-corrected chi connectivity index (χ4v) is 5.65. The van der Waals surface area contributed by atoms with Crippen LogP contribution in [0.25, 0.3) is 33.4 Å². The summed E-state index contributed by atoms with van der Waals surface area (Å²) in [5, 5.41) is 15.0. The number of hydrogen-bond acceptors (Lipinski definition) is 7. The van der Waals surface area contributed by atoms with E-state index in [1.807, 2.05) is 66.9 Å². The molecule has 214 valence electrons. The standard InChI is InChI=1S/C32H28ClN9O/c33-26-19-34-11-7-29(26)42-13-9-25(10-14-42)39-32(43)28-15-21-1-2-22(16-27(21)40-28)31-35-12-8-30(41-31)38-24-5-3-20(4-6-24)23-17-36-37-18-23/h1-8,11-12,15-19,25,40H,9-10,13-14H2,(H,36,37)(H,39,43)(H,35,38,41). The molecule has 1 aliphatic heterocycles. The summed E-state index contributed by atoms with van der Waals surface area (Å²) in [7, 11) is 0. The van der Waals surface area contributed by atoms with Gasteiger partial charge in [0.15, 0.2) is 5.82 Å². The summed E-state index contributed by atoms with van der Waals surface area (Å²) >= 11 is 6.32. The number of amides is 1. The summed E-state index contributed by atoms with van der Waals surface area (Å²) in [6.07, 6.45) is 10.5. The highest BCUT2D eigenvalue weighted by molar-refractivity contribution is 6.33. The molecule has 0 spiro atoms. The molecule has 2 aromatic carbocycles. The van der Waals surface area contributed by atoms with Gasteiger partial charge in [-0.15, -0.1) is 0 Å². The Morgan fingerprint density at radius 3 is 2.56 bits per heavy atom. The van der Waals surface area contributed by atoms with E-state index in [1.54, 1.807) is 24.8 Å². The molecule has 0 aliphatic carbocycles. The number of aromatic amines is 2. The zero-order valence-electron chi connectivity index (χ0n) is 23.1. The van der Waals surface area contributed by atoms with Crippen LogP contribution in [0.5, 0.6) is 0 Å². The van der Waals surface area contributed by atoms with Gasteiger partial charge in [-0.1, -0.05) is 35.9 Å². The molecule has 0 radical (unpaired) electrons. The number of nitrogens with one attached hydrogen (secondary N) is 4. The highest BCUT2D eigenvalue weighted by Crippen LogP contribution is 2.28. The van der Waals surface area contributed by atoms with E-state index < -0.39 is 0 Å². The number of halogens is 1. The van der Waals surface area contributed by atoms with E-state index in [1.165, 1.54) is 0 Å². The first kappa shape index (κ1) is 26.7. The van der Waals surface area contributed by atoms with E-state index in [-0.39, 0.29) is 11.9 Å². The van der Waals surface area contributed by atoms with Crippen LogP contribution in [-0.2, 0) is 0 Å². The van der Waals surface area contributed by atoms with Gasteiger partial charge in [0.1, 0.15) is 11.5 Å². The maximum atomic E-state index is 13.1. The third kappa shape index (κ3) is 5.77. The predicted octanol–water partition coefficient (Wildman–Crippen LogP) is 6.21. The molecule has 4 aromatic heterocycles. The van der Waals surface area contributed by atoms with Gasteiger partial charge in [0.05, 0.1) is 16.9 Å². The van der Waals surface area contributed by atoms with Crippen LogP contribution in [0.4, 0.5) is 17.2 Å². The number of piperidine rings is 1. The summed E-state index contributed by atoms with van der Waals surface area (Å²) in [6.45, 7) is 1.63. The van der Waals surface area contributed by atoms with Gasteiger partial charge in [0, 0.05) is 71.6 Å². The maximum Gasteiger partial charge on any atom is 0.267 e. The van der Waals surface area contributed by atoms with Crippen molar-refractivity contribution in [2.75, 3.05) is 23.3 Å². The van der Waals surface area contributed by atoms with E-state index in [9.17, 15) is 4.79 Å². The van der Waals surface area contributed by atoms with Crippen LogP contribution < -0.4 is 15.5 Å². The van der Waals surface area contributed by atoms with Gasteiger partial charge in [0.25, 0.3) is 5.91 Å². The molecule has 6 aromatic rings. The second kappa shape index (κ2) is 11.6. The number of pyridine rings is 1. The van der Waals surface area contributed by atoms with E-state index in [0.29, 0.717) is 22.4 Å². The third-order valence-electron chi connectivity index (χ3n) is 7.69. The molecule has 10 nitrogen and oxygen atoms in total. The van der Waals surface area contributed by atoms with Crippen molar-refractivity contribution >= 4 is 45.6 Å². The average Bonchev–Trinajstić information content (AvgIpc) is 3.73. The van der Waals surface area contributed by atoms with Crippen molar-refractivity contribution in [3.8, 4) is 22.5 Å². The van der Waals surface area contributed by atoms with E-state index in [0.717, 1.165) is 64.9 Å². The number of nitrogens with zero attached hydrogens (tertiary/aromatic N) is 5. The van der Waals surface area contributed by atoms with Crippen LogP contribution in [0.2, 0.25) is 5.02 Å². The fraction of sp³-hybridized carbons (Fsp3) is 0.156. The first-order chi connectivity index (χ1) is 21.1. The minimum Gasteiger partial charge on any atom is -0.370 e.